The van der Waals surface area contributed by atoms with Crippen molar-refractivity contribution in [3.8, 4) is 0 Å². The molecule has 1 aromatic heterocycles. The number of halogens is 2. The summed E-state index contributed by atoms with van der Waals surface area (Å²) in [6.07, 6.45) is 0. The molecular formula is C15H12ClFN2. The average Bonchev–Trinajstić information content (AvgIpc) is 2.75. The number of alkyl halides is 1. The number of hydrogen-bond donors (Lipinski definition) is 0. The molecular weight excluding hydrogens is 263 g/mol. The van der Waals surface area contributed by atoms with Gasteiger partial charge in [0.05, 0.1) is 11.0 Å². The maximum absolute atomic E-state index is 13.2. The molecule has 1 heterocycles. The number of hydrogen-bond acceptors (Lipinski definition) is 1. The molecule has 0 aliphatic heterocycles. The van der Waals surface area contributed by atoms with Crippen molar-refractivity contribution in [2.75, 3.05) is 0 Å². The Labute approximate surface area is 115 Å². The highest BCUT2D eigenvalue weighted by Crippen LogP contribution is 2.30. The van der Waals surface area contributed by atoms with E-state index in [4.69, 9.17) is 11.6 Å². The largest absolute Gasteiger partial charge is 0.330 e. The van der Waals surface area contributed by atoms with E-state index in [1.165, 1.54) is 12.1 Å². The first-order valence-corrected chi connectivity index (χ1v) is 6.41. The molecule has 0 amide bonds. The van der Waals surface area contributed by atoms with Crippen LogP contribution in [-0.4, -0.2) is 9.55 Å². The van der Waals surface area contributed by atoms with Crippen molar-refractivity contribution in [2.24, 2.45) is 7.05 Å². The predicted octanol–water partition coefficient (Wildman–Crippen LogP) is 4.04. The van der Waals surface area contributed by atoms with Crippen molar-refractivity contribution in [3.63, 3.8) is 0 Å². The molecule has 4 heteroatoms. The van der Waals surface area contributed by atoms with Crippen LogP contribution in [0.3, 0.4) is 0 Å². The lowest BCUT2D eigenvalue weighted by Crippen LogP contribution is -2.02. The molecule has 0 bridgehead atoms. The van der Waals surface area contributed by atoms with Crippen LogP contribution in [0.25, 0.3) is 11.0 Å². The molecule has 19 heavy (non-hydrogen) atoms. The van der Waals surface area contributed by atoms with Crippen LogP contribution in [0.5, 0.6) is 0 Å². The zero-order valence-corrected chi connectivity index (χ0v) is 11.1. The van der Waals surface area contributed by atoms with Crippen LogP contribution in [0.1, 0.15) is 16.8 Å². The van der Waals surface area contributed by atoms with E-state index in [9.17, 15) is 4.39 Å². The molecule has 2 aromatic carbocycles. The maximum atomic E-state index is 13.2. The summed E-state index contributed by atoms with van der Waals surface area (Å²) in [6.45, 7) is 0. The van der Waals surface area contributed by atoms with Gasteiger partial charge >= 0.3 is 0 Å². The Balaban J connectivity index is 2.13. The average molecular weight is 275 g/mol. The van der Waals surface area contributed by atoms with Crippen molar-refractivity contribution in [1.82, 2.24) is 9.55 Å². The van der Waals surface area contributed by atoms with E-state index >= 15 is 0 Å². The van der Waals surface area contributed by atoms with Gasteiger partial charge in [0, 0.05) is 13.1 Å². The highest BCUT2D eigenvalue weighted by atomic mass is 35.5. The number of imidazole rings is 1. The molecule has 1 unspecified atom stereocenters. The fourth-order valence-electron chi connectivity index (χ4n) is 2.19. The molecule has 0 radical (unpaired) electrons. The summed E-state index contributed by atoms with van der Waals surface area (Å²) in [7, 11) is 1.89. The molecule has 0 saturated carbocycles. The predicted molar refractivity (Wildman–Crippen MR) is 74.8 cm³/mol. The van der Waals surface area contributed by atoms with Gasteiger partial charge in [-0.15, -0.1) is 11.6 Å². The van der Waals surface area contributed by atoms with Gasteiger partial charge in [0.25, 0.3) is 0 Å². The normalized spacial score (nSPS) is 12.8. The topological polar surface area (TPSA) is 17.8 Å². The number of rotatable bonds is 2. The Morgan fingerprint density at radius 2 is 1.89 bits per heavy atom. The van der Waals surface area contributed by atoms with Crippen LogP contribution < -0.4 is 0 Å². The van der Waals surface area contributed by atoms with Gasteiger partial charge in [0.15, 0.2) is 0 Å². The van der Waals surface area contributed by atoms with Crippen molar-refractivity contribution in [2.45, 2.75) is 5.38 Å². The highest BCUT2D eigenvalue weighted by molar-refractivity contribution is 6.22. The zero-order valence-electron chi connectivity index (χ0n) is 10.3. The molecule has 0 N–H and O–H groups in total. The molecule has 2 nitrogen and oxygen atoms in total. The minimum absolute atomic E-state index is 0.289. The number of fused-ring (bicyclic) bond motifs is 1. The van der Waals surface area contributed by atoms with Gasteiger partial charge in [0.1, 0.15) is 17.0 Å². The zero-order chi connectivity index (χ0) is 13.4. The summed E-state index contributed by atoms with van der Waals surface area (Å²) < 4.78 is 15.1. The monoisotopic (exact) mass is 274 g/mol. The standard InChI is InChI=1S/C15H12ClFN2/c1-19-13-8-7-11(17)9-12(13)18-15(19)14(16)10-5-3-2-4-6-10/h2-9,14H,1H3. The van der Waals surface area contributed by atoms with Gasteiger partial charge in [0.2, 0.25) is 0 Å². The van der Waals surface area contributed by atoms with E-state index in [1.54, 1.807) is 6.07 Å². The van der Waals surface area contributed by atoms with E-state index in [0.717, 1.165) is 11.1 Å². The fourth-order valence-corrected chi connectivity index (χ4v) is 2.53. The number of nitrogens with zero attached hydrogens (tertiary/aromatic N) is 2. The molecule has 1 atom stereocenters. The minimum Gasteiger partial charge on any atom is -0.330 e. The van der Waals surface area contributed by atoms with Crippen LogP contribution in [-0.2, 0) is 7.05 Å². The second-order valence-corrected chi connectivity index (χ2v) is 4.87. The lowest BCUT2D eigenvalue weighted by molar-refractivity contribution is 0.629. The third-order valence-corrected chi connectivity index (χ3v) is 3.64. The molecule has 0 spiro atoms. The highest BCUT2D eigenvalue weighted by Gasteiger charge is 2.18. The van der Waals surface area contributed by atoms with Gasteiger partial charge in [-0.25, -0.2) is 9.37 Å². The van der Waals surface area contributed by atoms with Crippen molar-refractivity contribution in [1.29, 1.82) is 0 Å². The van der Waals surface area contributed by atoms with Gasteiger partial charge in [-0.2, -0.15) is 0 Å². The van der Waals surface area contributed by atoms with E-state index in [2.05, 4.69) is 4.98 Å². The van der Waals surface area contributed by atoms with Gasteiger partial charge in [-0.3, -0.25) is 0 Å². The minimum atomic E-state index is -0.346. The van der Waals surface area contributed by atoms with Crippen LogP contribution >= 0.6 is 11.6 Å². The van der Waals surface area contributed by atoms with Crippen LogP contribution in [0.2, 0.25) is 0 Å². The molecule has 0 fully saturated rings. The number of aromatic nitrogens is 2. The van der Waals surface area contributed by atoms with Crippen molar-refractivity contribution in [3.05, 3.63) is 65.7 Å². The summed E-state index contributed by atoms with van der Waals surface area (Å²) in [5.74, 6) is 0.427. The molecule has 3 aromatic rings. The lowest BCUT2D eigenvalue weighted by Gasteiger charge is -2.09. The third kappa shape index (κ3) is 2.10. The summed E-state index contributed by atoms with van der Waals surface area (Å²) in [5.41, 5.74) is 2.47. The molecule has 3 rings (SSSR count). The maximum Gasteiger partial charge on any atom is 0.132 e. The van der Waals surface area contributed by atoms with Crippen molar-refractivity contribution < 1.29 is 4.39 Å². The molecule has 96 valence electrons. The first-order valence-electron chi connectivity index (χ1n) is 5.97. The van der Waals surface area contributed by atoms with E-state index in [0.29, 0.717) is 11.3 Å². The quantitative estimate of drug-likeness (QED) is 0.645. The summed E-state index contributed by atoms with van der Waals surface area (Å²) >= 11 is 6.47. The molecule has 0 aliphatic carbocycles. The lowest BCUT2D eigenvalue weighted by atomic mass is 10.1. The van der Waals surface area contributed by atoms with Crippen LogP contribution in [0, 0.1) is 5.82 Å². The fraction of sp³-hybridized carbons (Fsp3) is 0.133. The van der Waals surface area contributed by atoms with Gasteiger partial charge in [-0.1, -0.05) is 30.3 Å². The summed E-state index contributed by atoms with van der Waals surface area (Å²) in [4.78, 5) is 4.44. The SMILES string of the molecule is Cn1c(C(Cl)c2ccccc2)nc2cc(F)ccc21. The second kappa shape index (κ2) is 4.67. The van der Waals surface area contributed by atoms with Crippen molar-refractivity contribution >= 4 is 22.6 Å². The Morgan fingerprint density at radius 1 is 1.16 bits per heavy atom. The number of benzene rings is 2. The van der Waals surface area contributed by atoms with E-state index < -0.39 is 0 Å². The molecule has 0 saturated heterocycles. The van der Waals surface area contributed by atoms with E-state index in [1.807, 2.05) is 41.9 Å². The summed E-state index contributed by atoms with van der Waals surface area (Å²) in [5, 5.41) is -0.346. The smallest absolute Gasteiger partial charge is 0.132 e. The van der Waals surface area contributed by atoms with Crippen LogP contribution in [0.4, 0.5) is 4.39 Å². The van der Waals surface area contributed by atoms with Gasteiger partial charge in [-0.05, 0) is 17.7 Å². The molecule has 0 aliphatic rings. The Kier molecular flexibility index (Phi) is 2.99. The Bertz CT molecular complexity index is 722. The Morgan fingerprint density at radius 3 is 2.63 bits per heavy atom. The van der Waals surface area contributed by atoms with E-state index in [-0.39, 0.29) is 11.2 Å². The first-order chi connectivity index (χ1) is 9.16. The van der Waals surface area contributed by atoms with Gasteiger partial charge < -0.3 is 4.57 Å². The number of aryl methyl sites for hydroxylation is 1. The second-order valence-electron chi connectivity index (χ2n) is 4.44. The first kappa shape index (κ1) is 12.2. The third-order valence-electron chi connectivity index (χ3n) is 3.20. The van der Waals surface area contributed by atoms with Crippen LogP contribution in [0.15, 0.2) is 48.5 Å². The summed E-state index contributed by atoms with van der Waals surface area (Å²) in [6, 6.07) is 14.3. The Hall–Kier alpha value is -1.87.